The lowest BCUT2D eigenvalue weighted by atomic mass is 9.90. The van der Waals surface area contributed by atoms with E-state index in [2.05, 4.69) is 46.5 Å². The molecule has 1 aliphatic carbocycles. The van der Waals surface area contributed by atoms with E-state index in [4.69, 9.17) is 10.5 Å². The Morgan fingerprint density at radius 3 is 2.41 bits per heavy atom. The molecular formula is C32H48N8O4. The molecule has 1 saturated carbocycles. The van der Waals surface area contributed by atoms with Crippen LogP contribution >= 0.6 is 0 Å². The van der Waals surface area contributed by atoms with Crippen LogP contribution in [0.5, 0.6) is 0 Å². The number of amides is 3. The molecule has 240 valence electrons. The highest BCUT2D eigenvalue weighted by molar-refractivity contribution is 5.88. The standard InChI is InChI=1S/C32H48N8O4/c1-3-5-6-29-34-27(22-44-29)30(41)38-17-19-39(20-18-38)31(42)35-28-15-16-40(32(43)36-28)26-11-7-23(8-12-26)21-37(4-2)25-13-9-24(33)10-14-25/h7-8,11-12,15-16,24-25,27,29,34H,3-6,9-10,13-14,17-22,33H2,1-2H3,(H,35,36,42,43)/t24?,25?,27-,29+/m0/s1. The number of benzene rings is 1. The molecule has 3 fully saturated rings. The molecule has 12 nitrogen and oxygen atoms in total. The van der Waals surface area contributed by atoms with Gasteiger partial charge in [-0.05, 0) is 68.8 Å². The van der Waals surface area contributed by atoms with Gasteiger partial charge in [-0.15, -0.1) is 0 Å². The zero-order chi connectivity index (χ0) is 31.1. The van der Waals surface area contributed by atoms with E-state index in [0.717, 1.165) is 63.7 Å². The predicted molar refractivity (Wildman–Crippen MR) is 170 cm³/mol. The molecule has 3 heterocycles. The Bertz CT molecular complexity index is 1300. The van der Waals surface area contributed by atoms with Crippen LogP contribution in [0.3, 0.4) is 0 Å². The van der Waals surface area contributed by atoms with Crippen molar-refractivity contribution in [3.63, 3.8) is 0 Å². The van der Waals surface area contributed by atoms with E-state index in [1.165, 1.54) is 10.1 Å². The van der Waals surface area contributed by atoms with E-state index >= 15 is 0 Å². The Labute approximate surface area is 259 Å². The van der Waals surface area contributed by atoms with Gasteiger partial charge in [0, 0.05) is 51.0 Å². The lowest BCUT2D eigenvalue weighted by Gasteiger charge is -2.35. The molecule has 1 aromatic carbocycles. The highest BCUT2D eigenvalue weighted by atomic mass is 16.5. The third-order valence-electron chi connectivity index (χ3n) is 9.15. The molecule has 2 saturated heterocycles. The normalized spacial score (nSPS) is 24.1. The van der Waals surface area contributed by atoms with Gasteiger partial charge in [0.05, 0.1) is 12.3 Å². The van der Waals surface area contributed by atoms with Crippen molar-refractivity contribution >= 4 is 17.8 Å². The number of nitrogens with one attached hydrogen (secondary N) is 2. The maximum atomic E-state index is 12.9. The summed E-state index contributed by atoms with van der Waals surface area (Å²) in [6, 6.07) is 9.82. The van der Waals surface area contributed by atoms with Crippen LogP contribution in [0, 0.1) is 0 Å². The zero-order valence-corrected chi connectivity index (χ0v) is 26.1. The second-order valence-corrected chi connectivity index (χ2v) is 12.2. The molecule has 2 atom stereocenters. The van der Waals surface area contributed by atoms with Gasteiger partial charge in [0.15, 0.2) is 0 Å². The van der Waals surface area contributed by atoms with Gasteiger partial charge in [0.1, 0.15) is 18.1 Å². The minimum atomic E-state index is -0.469. The van der Waals surface area contributed by atoms with E-state index in [0.29, 0.717) is 44.9 Å². The van der Waals surface area contributed by atoms with Crippen molar-refractivity contribution in [3.05, 3.63) is 52.6 Å². The van der Waals surface area contributed by atoms with Crippen molar-refractivity contribution in [2.24, 2.45) is 5.73 Å². The quantitative estimate of drug-likeness (QED) is 0.374. The number of nitrogens with zero attached hydrogens (tertiary/aromatic N) is 5. The van der Waals surface area contributed by atoms with Crippen molar-refractivity contribution in [1.82, 2.24) is 29.6 Å². The minimum Gasteiger partial charge on any atom is -0.361 e. The summed E-state index contributed by atoms with van der Waals surface area (Å²) in [6.07, 6.45) is 9.04. The molecule has 3 amide bonds. The van der Waals surface area contributed by atoms with E-state index in [-0.39, 0.29) is 30.0 Å². The Hall–Kier alpha value is -3.32. The van der Waals surface area contributed by atoms with E-state index in [1.54, 1.807) is 22.1 Å². The summed E-state index contributed by atoms with van der Waals surface area (Å²) < 4.78 is 7.20. The van der Waals surface area contributed by atoms with E-state index in [9.17, 15) is 14.4 Å². The van der Waals surface area contributed by atoms with Crippen LogP contribution in [0.15, 0.2) is 41.3 Å². The van der Waals surface area contributed by atoms with Crippen molar-refractivity contribution in [2.45, 2.75) is 89.7 Å². The summed E-state index contributed by atoms with van der Waals surface area (Å²) in [5, 5.41) is 6.03. The first-order chi connectivity index (χ1) is 21.3. The number of rotatable bonds is 10. The fourth-order valence-corrected chi connectivity index (χ4v) is 6.40. The number of hydrogen-bond donors (Lipinski definition) is 3. The number of carbonyl (C=O) groups is 2. The molecule has 5 rings (SSSR count). The highest BCUT2D eigenvalue weighted by Crippen LogP contribution is 2.24. The molecule has 0 bridgehead atoms. The molecule has 44 heavy (non-hydrogen) atoms. The zero-order valence-electron chi connectivity index (χ0n) is 26.1. The number of hydrogen-bond acceptors (Lipinski definition) is 8. The topological polar surface area (TPSA) is 138 Å². The van der Waals surface area contributed by atoms with Crippen LogP contribution < -0.4 is 22.1 Å². The van der Waals surface area contributed by atoms with Gasteiger partial charge in [-0.3, -0.25) is 24.9 Å². The molecular weight excluding hydrogens is 560 g/mol. The van der Waals surface area contributed by atoms with Crippen molar-refractivity contribution in [2.75, 3.05) is 44.6 Å². The van der Waals surface area contributed by atoms with Gasteiger partial charge in [-0.25, -0.2) is 9.59 Å². The number of unbranched alkanes of at least 4 members (excludes halogenated alkanes) is 1. The number of ether oxygens (including phenoxy) is 1. The van der Waals surface area contributed by atoms with Gasteiger partial charge in [-0.2, -0.15) is 4.98 Å². The average molecular weight is 609 g/mol. The van der Waals surface area contributed by atoms with Gasteiger partial charge < -0.3 is 20.3 Å². The van der Waals surface area contributed by atoms with Gasteiger partial charge >= 0.3 is 11.7 Å². The van der Waals surface area contributed by atoms with Gasteiger partial charge in [0.25, 0.3) is 0 Å². The third-order valence-corrected chi connectivity index (χ3v) is 9.15. The fraction of sp³-hybridized carbons (Fsp3) is 0.625. The lowest BCUT2D eigenvalue weighted by molar-refractivity contribution is -0.134. The molecule has 0 radical (unpaired) electrons. The van der Waals surface area contributed by atoms with Gasteiger partial charge in [-0.1, -0.05) is 32.4 Å². The van der Waals surface area contributed by atoms with Crippen LogP contribution in [0.1, 0.15) is 64.4 Å². The maximum Gasteiger partial charge on any atom is 0.354 e. The molecule has 12 heteroatoms. The van der Waals surface area contributed by atoms with Gasteiger partial charge in [0.2, 0.25) is 5.91 Å². The number of piperazine rings is 1. The van der Waals surface area contributed by atoms with Crippen LogP contribution in [-0.2, 0) is 16.1 Å². The number of aromatic nitrogens is 2. The molecule has 1 aromatic heterocycles. The van der Waals surface area contributed by atoms with Crippen molar-refractivity contribution in [1.29, 1.82) is 0 Å². The summed E-state index contributed by atoms with van der Waals surface area (Å²) in [5.74, 6) is 0.210. The largest absolute Gasteiger partial charge is 0.361 e. The smallest absolute Gasteiger partial charge is 0.354 e. The SMILES string of the molecule is CCCC[C@@H]1N[C@H](C(=O)N2CCN(C(=O)Nc3ccn(-c4ccc(CN(CC)C5CCC(N)CC5)cc4)c(=O)n3)CC2)CO1. The lowest BCUT2D eigenvalue weighted by Crippen LogP contribution is -2.55. The Balaban J connectivity index is 1.10. The van der Waals surface area contributed by atoms with E-state index in [1.807, 2.05) is 12.1 Å². The van der Waals surface area contributed by atoms with E-state index < -0.39 is 5.69 Å². The predicted octanol–water partition coefficient (Wildman–Crippen LogP) is 2.51. The molecule has 0 unspecified atom stereocenters. The first-order valence-corrected chi connectivity index (χ1v) is 16.3. The Kier molecular flexibility index (Phi) is 11.0. The second kappa shape index (κ2) is 15.1. The summed E-state index contributed by atoms with van der Waals surface area (Å²) in [6.45, 7) is 8.25. The highest BCUT2D eigenvalue weighted by Gasteiger charge is 2.34. The second-order valence-electron chi connectivity index (χ2n) is 12.2. The van der Waals surface area contributed by atoms with Crippen LogP contribution in [0.4, 0.5) is 10.6 Å². The Morgan fingerprint density at radius 1 is 1.05 bits per heavy atom. The summed E-state index contributed by atoms with van der Waals surface area (Å²) >= 11 is 0. The molecule has 0 spiro atoms. The maximum absolute atomic E-state index is 12.9. The molecule has 2 aliphatic heterocycles. The first-order valence-electron chi connectivity index (χ1n) is 16.3. The summed E-state index contributed by atoms with van der Waals surface area (Å²) in [4.78, 5) is 48.8. The average Bonchev–Trinajstić information content (AvgIpc) is 3.52. The number of carbonyl (C=O) groups excluding carboxylic acids is 2. The molecule has 3 aliphatic rings. The fourth-order valence-electron chi connectivity index (χ4n) is 6.40. The number of urea groups is 1. The molecule has 2 aromatic rings. The van der Waals surface area contributed by atoms with Crippen LogP contribution in [0.2, 0.25) is 0 Å². The molecule has 4 N–H and O–H groups in total. The van der Waals surface area contributed by atoms with Crippen molar-refractivity contribution in [3.8, 4) is 5.69 Å². The third kappa shape index (κ3) is 8.03. The number of anilines is 1. The van der Waals surface area contributed by atoms with Crippen LogP contribution in [0.25, 0.3) is 5.69 Å². The monoisotopic (exact) mass is 608 g/mol. The summed E-state index contributed by atoms with van der Waals surface area (Å²) in [5.41, 5.74) is 7.54. The summed E-state index contributed by atoms with van der Waals surface area (Å²) in [7, 11) is 0. The van der Waals surface area contributed by atoms with Crippen LogP contribution in [-0.4, -0.2) is 99.9 Å². The number of nitrogens with two attached hydrogens (primary N) is 1. The van der Waals surface area contributed by atoms with Crippen molar-refractivity contribution < 1.29 is 14.3 Å². The Morgan fingerprint density at radius 2 is 1.75 bits per heavy atom. The minimum absolute atomic E-state index is 0.0134. The first kappa shape index (κ1) is 32.1.